The van der Waals surface area contributed by atoms with Gasteiger partial charge in [-0.15, -0.1) is 0 Å². The van der Waals surface area contributed by atoms with Crippen molar-refractivity contribution in [2.45, 2.75) is 13.3 Å². The molecule has 2 aromatic rings. The fourth-order valence-corrected chi connectivity index (χ4v) is 2.80. The summed E-state index contributed by atoms with van der Waals surface area (Å²) >= 11 is 0. The summed E-state index contributed by atoms with van der Waals surface area (Å²) in [6.45, 7) is 4.02. The number of hydrogen-bond acceptors (Lipinski definition) is 4. The standard InChI is InChI=1S/C17H21FN4O2/c1-24-13-22-7-6-16(19-22)17(23)21-10-8-20(9-11-21)12-14-2-4-15(18)5-3-14/h2-7H,8-13H2,1H3. The lowest BCUT2D eigenvalue weighted by Crippen LogP contribution is -2.48. The Kier molecular flexibility index (Phi) is 5.22. The first kappa shape index (κ1) is 16.6. The number of hydrogen-bond donors (Lipinski definition) is 0. The van der Waals surface area contributed by atoms with Crippen molar-refractivity contribution in [3.05, 3.63) is 53.6 Å². The predicted molar refractivity (Wildman–Crippen MR) is 86.8 cm³/mol. The Bertz CT molecular complexity index is 678. The highest BCUT2D eigenvalue weighted by Crippen LogP contribution is 2.11. The van der Waals surface area contributed by atoms with E-state index in [9.17, 15) is 9.18 Å². The molecule has 0 radical (unpaired) electrons. The number of halogens is 1. The van der Waals surface area contributed by atoms with Crippen LogP contribution in [0.25, 0.3) is 0 Å². The Hall–Kier alpha value is -2.25. The third kappa shape index (κ3) is 3.98. The van der Waals surface area contributed by atoms with Crippen molar-refractivity contribution in [1.82, 2.24) is 19.6 Å². The van der Waals surface area contributed by atoms with Crippen molar-refractivity contribution in [2.24, 2.45) is 0 Å². The highest BCUT2D eigenvalue weighted by atomic mass is 19.1. The van der Waals surface area contributed by atoms with Gasteiger partial charge in [0, 0.05) is 46.0 Å². The Morgan fingerprint density at radius 1 is 1.17 bits per heavy atom. The zero-order valence-corrected chi connectivity index (χ0v) is 13.7. The number of nitrogens with zero attached hydrogens (tertiary/aromatic N) is 4. The average Bonchev–Trinajstić information content (AvgIpc) is 3.06. The van der Waals surface area contributed by atoms with Crippen LogP contribution < -0.4 is 0 Å². The molecule has 6 nitrogen and oxygen atoms in total. The van der Waals surface area contributed by atoms with Crippen LogP contribution in [0.2, 0.25) is 0 Å². The second-order valence-electron chi connectivity index (χ2n) is 5.85. The molecule has 1 aromatic carbocycles. The van der Waals surface area contributed by atoms with Crippen LogP contribution in [0.5, 0.6) is 0 Å². The molecule has 0 unspecified atom stereocenters. The molecule has 1 amide bonds. The second-order valence-corrected chi connectivity index (χ2v) is 5.85. The molecule has 1 aromatic heterocycles. The van der Waals surface area contributed by atoms with Crippen LogP contribution in [0, 0.1) is 5.82 Å². The number of carbonyl (C=O) groups is 1. The molecule has 0 N–H and O–H groups in total. The summed E-state index contributed by atoms with van der Waals surface area (Å²) in [6, 6.07) is 8.27. The first-order valence-corrected chi connectivity index (χ1v) is 7.94. The van der Waals surface area contributed by atoms with Crippen LogP contribution in [0.15, 0.2) is 36.5 Å². The van der Waals surface area contributed by atoms with Crippen molar-refractivity contribution in [1.29, 1.82) is 0 Å². The molecule has 0 aliphatic carbocycles. The van der Waals surface area contributed by atoms with E-state index in [2.05, 4.69) is 10.00 Å². The van der Waals surface area contributed by atoms with Gasteiger partial charge in [-0.2, -0.15) is 5.10 Å². The van der Waals surface area contributed by atoms with E-state index in [1.54, 1.807) is 36.2 Å². The third-order valence-electron chi connectivity index (χ3n) is 4.10. The summed E-state index contributed by atoms with van der Waals surface area (Å²) in [7, 11) is 1.59. The average molecular weight is 332 g/mol. The minimum atomic E-state index is -0.220. The Morgan fingerprint density at radius 2 is 1.88 bits per heavy atom. The Balaban J connectivity index is 1.52. The largest absolute Gasteiger partial charge is 0.362 e. The molecule has 0 saturated carbocycles. The molecule has 3 rings (SSSR count). The smallest absolute Gasteiger partial charge is 0.274 e. The summed E-state index contributed by atoms with van der Waals surface area (Å²) in [4.78, 5) is 16.6. The molecular formula is C17H21FN4O2. The number of carbonyl (C=O) groups excluding carboxylic acids is 1. The topological polar surface area (TPSA) is 50.6 Å². The summed E-state index contributed by atoms with van der Waals surface area (Å²) in [5.41, 5.74) is 1.52. The maximum atomic E-state index is 12.9. The molecule has 1 fully saturated rings. The van der Waals surface area contributed by atoms with E-state index in [1.807, 2.05) is 4.90 Å². The highest BCUT2D eigenvalue weighted by Gasteiger charge is 2.23. The van der Waals surface area contributed by atoms with Crippen LogP contribution in [0.3, 0.4) is 0 Å². The van der Waals surface area contributed by atoms with Gasteiger partial charge in [-0.25, -0.2) is 9.07 Å². The van der Waals surface area contributed by atoms with Gasteiger partial charge in [-0.1, -0.05) is 12.1 Å². The van der Waals surface area contributed by atoms with Gasteiger partial charge in [0.1, 0.15) is 18.2 Å². The van der Waals surface area contributed by atoms with E-state index in [-0.39, 0.29) is 11.7 Å². The van der Waals surface area contributed by atoms with Gasteiger partial charge in [0.25, 0.3) is 5.91 Å². The van der Waals surface area contributed by atoms with Gasteiger partial charge >= 0.3 is 0 Å². The lowest BCUT2D eigenvalue weighted by atomic mass is 10.2. The minimum Gasteiger partial charge on any atom is -0.362 e. The summed E-state index contributed by atoms with van der Waals surface area (Å²) in [5, 5.41) is 4.22. The molecule has 1 saturated heterocycles. The molecule has 0 spiro atoms. The highest BCUT2D eigenvalue weighted by molar-refractivity contribution is 5.92. The van der Waals surface area contributed by atoms with Gasteiger partial charge in [-0.3, -0.25) is 9.69 Å². The molecule has 24 heavy (non-hydrogen) atoms. The molecule has 0 bridgehead atoms. The van der Waals surface area contributed by atoms with E-state index < -0.39 is 0 Å². The molecule has 0 atom stereocenters. The number of benzene rings is 1. The van der Waals surface area contributed by atoms with E-state index in [4.69, 9.17) is 4.74 Å². The molecule has 7 heteroatoms. The van der Waals surface area contributed by atoms with E-state index >= 15 is 0 Å². The van der Waals surface area contributed by atoms with E-state index in [0.717, 1.165) is 25.2 Å². The normalized spacial score (nSPS) is 15.7. The number of aromatic nitrogens is 2. The van der Waals surface area contributed by atoms with Gasteiger partial charge in [0.05, 0.1) is 0 Å². The first-order valence-electron chi connectivity index (χ1n) is 7.94. The summed E-state index contributed by atoms with van der Waals surface area (Å²) < 4.78 is 19.5. The molecule has 1 aliphatic heterocycles. The maximum Gasteiger partial charge on any atom is 0.274 e. The van der Waals surface area contributed by atoms with Gasteiger partial charge < -0.3 is 9.64 Å². The van der Waals surface area contributed by atoms with Crippen LogP contribution in [-0.4, -0.2) is 58.8 Å². The number of methoxy groups -OCH3 is 1. The quantitative estimate of drug-likeness (QED) is 0.834. The minimum absolute atomic E-state index is 0.0497. The lowest BCUT2D eigenvalue weighted by molar-refractivity contribution is 0.0618. The zero-order chi connectivity index (χ0) is 16.9. The molecular weight excluding hydrogens is 311 g/mol. The van der Waals surface area contributed by atoms with Crippen molar-refractivity contribution < 1.29 is 13.9 Å². The van der Waals surface area contributed by atoms with Crippen LogP contribution in [-0.2, 0) is 18.0 Å². The zero-order valence-electron chi connectivity index (χ0n) is 13.7. The van der Waals surface area contributed by atoms with Crippen LogP contribution in [0.1, 0.15) is 16.1 Å². The van der Waals surface area contributed by atoms with Crippen molar-refractivity contribution in [3.8, 4) is 0 Å². The maximum absolute atomic E-state index is 12.9. The fourth-order valence-electron chi connectivity index (χ4n) is 2.80. The van der Waals surface area contributed by atoms with Crippen molar-refractivity contribution in [3.63, 3.8) is 0 Å². The number of piperazine rings is 1. The SMILES string of the molecule is COCn1ccc(C(=O)N2CCN(Cc3ccc(F)cc3)CC2)n1. The summed E-state index contributed by atoms with van der Waals surface area (Å²) in [5.74, 6) is -0.270. The van der Waals surface area contributed by atoms with E-state index in [0.29, 0.717) is 25.5 Å². The first-order chi connectivity index (χ1) is 11.7. The fraction of sp³-hybridized carbons (Fsp3) is 0.412. The Labute approximate surface area is 140 Å². The van der Waals surface area contributed by atoms with Crippen LogP contribution in [0.4, 0.5) is 4.39 Å². The Morgan fingerprint density at radius 3 is 2.54 bits per heavy atom. The number of amides is 1. The van der Waals surface area contributed by atoms with E-state index in [1.165, 1.54) is 12.1 Å². The molecule has 1 aliphatic rings. The van der Waals surface area contributed by atoms with Crippen molar-refractivity contribution in [2.75, 3.05) is 33.3 Å². The molecule has 2 heterocycles. The second kappa shape index (κ2) is 7.55. The van der Waals surface area contributed by atoms with Gasteiger partial charge in [0.2, 0.25) is 0 Å². The lowest BCUT2D eigenvalue weighted by Gasteiger charge is -2.34. The van der Waals surface area contributed by atoms with Gasteiger partial charge in [-0.05, 0) is 23.8 Å². The van der Waals surface area contributed by atoms with Crippen LogP contribution >= 0.6 is 0 Å². The monoisotopic (exact) mass is 332 g/mol. The third-order valence-corrected chi connectivity index (χ3v) is 4.10. The molecule has 128 valence electrons. The number of rotatable bonds is 5. The van der Waals surface area contributed by atoms with Crippen molar-refractivity contribution >= 4 is 5.91 Å². The van der Waals surface area contributed by atoms with Gasteiger partial charge in [0.15, 0.2) is 0 Å². The summed E-state index contributed by atoms with van der Waals surface area (Å²) in [6.07, 6.45) is 1.74. The predicted octanol–water partition coefficient (Wildman–Crippen LogP) is 1.58. The number of ether oxygens (including phenoxy) is 1.